The zero-order valence-corrected chi connectivity index (χ0v) is 23.8. The third-order valence-electron chi connectivity index (χ3n) is 6.72. The van der Waals surface area contributed by atoms with Gasteiger partial charge in [0.1, 0.15) is 48.6 Å². The highest BCUT2D eigenvalue weighted by Gasteiger charge is 2.51. The van der Waals surface area contributed by atoms with Crippen LogP contribution in [0.25, 0.3) is 11.2 Å². The number of anilines is 1. The number of phosphoric acid groups is 2. The third-order valence-corrected chi connectivity index (χ3v) is 8.25. The van der Waals surface area contributed by atoms with Gasteiger partial charge < -0.3 is 40.1 Å². The van der Waals surface area contributed by atoms with E-state index in [0.29, 0.717) is 0 Å². The first-order valence-corrected chi connectivity index (χ1v) is 15.4. The van der Waals surface area contributed by atoms with Crippen LogP contribution in [0.3, 0.4) is 0 Å². The number of aliphatic hydroxyl groups excluding tert-OH is 2. The van der Waals surface area contributed by atoms with Gasteiger partial charge >= 0.3 is 21.3 Å². The fraction of sp³-hybridized carbons (Fsp3) is 0.550. The lowest BCUT2D eigenvalue weighted by Crippen LogP contribution is -2.36. The summed E-state index contributed by atoms with van der Waals surface area (Å²) in [5, 5.41) is 20.9. The fourth-order valence-electron chi connectivity index (χ4n) is 4.74. The summed E-state index contributed by atoms with van der Waals surface area (Å²) in [4.78, 5) is 67.0. The van der Waals surface area contributed by atoms with Crippen molar-refractivity contribution in [2.24, 2.45) is 0 Å². The lowest BCUT2D eigenvalue weighted by atomic mass is 10.1. The fourth-order valence-corrected chi connectivity index (χ4v) is 6.26. The average molecular weight is 651 g/mol. The maximum Gasteiger partial charge on any atom is 0.473 e. The van der Waals surface area contributed by atoms with Gasteiger partial charge in [0.25, 0.3) is 5.56 Å². The van der Waals surface area contributed by atoms with E-state index in [9.17, 15) is 43.6 Å². The molecule has 4 unspecified atom stereocenters. The number of nitrogens with one attached hydrogen (secondary N) is 1. The number of H-pyrrole nitrogens is 1. The number of aryl methyl sites for hydroxylation is 1. The number of hydrogen-bond acceptors (Lipinski definition) is 15. The number of aromatic amines is 1. The highest BCUT2D eigenvalue weighted by atomic mass is 31.2. The number of nitrogens with two attached hydrogens (primary N) is 1. The van der Waals surface area contributed by atoms with Gasteiger partial charge in [-0.15, -0.1) is 0 Å². The van der Waals surface area contributed by atoms with E-state index in [-0.39, 0.29) is 29.0 Å². The number of nitrogen functional groups attached to an aromatic ring is 1. The van der Waals surface area contributed by atoms with Crippen molar-refractivity contribution in [3.63, 3.8) is 0 Å². The van der Waals surface area contributed by atoms with Crippen molar-refractivity contribution < 1.29 is 57.1 Å². The molecule has 5 rings (SSSR count). The predicted octanol–water partition coefficient (Wildman–Crippen LogP) is -2.21. The van der Waals surface area contributed by atoms with Gasteiger partial charge in [-0.2, -0.15) is 0 Å². The minimum absolute atomic E-state index is 0.00786. The van der Waals surface area contributed by atoms with Crippen molar-refractivity contribution in [3.8, 4) is 0 Å². The summed E-state index contributed by atoms with van der Waals surface area (Å²) in [6.07, 6.45) is -6.92. The highest BCUT2D eigenvalue weighted by molar-refractivity contribution is 7.47. The van der Waals surface area contributed by atoms with E-state index >= 15 is 0 Å². The Hall–Kier alpha value is -2.91. The molecule has 236 valence electrons. The summed E-state index contributed by atoms with van der Waals surface area (Å²) in [5.74, 6) is 0.00786. The van der Waals surface area contributed by atoms with Gasteiger partial charge in [0.2, 0.25) is 0 Å². The first-order chi connectivity index (χ1) is 20.2. The number of aliphatic hydroxyl groups is 2. The number of fused-ring (bicyclic) bond motifs is 1. The lowest BCUT2D eigenvalue weighted by molar-refractivity contribution is -0.0556. The largest absolute Gasteiger partial charge is 0.473 e. The molecule has 2 aliphatic rings. The van der Waals surface area contributed by atoms with Crippen molar-refractivity contribution in [3.05, 3.63) is 45.3 Å². The van der Waals surface area contributed by atoms with E-state index in [1.54, 1.807) is 0 Å². The summed E-state index contributed by atoms with van der Waals surface area (Å²) in [5.41, 5.74) is 4.77. The molecule has 0 radical (unpaired) electrons. The van der Waals surface area contributed by atoms with Gasteiger partial charge in [0.05, 0.1) is 19.5 Å². The molecule has 0 bridgehead atoms. The van der Waals surface area contributed by atoms with Crippen LogP contribution in [0.1, 0.15) is 24.4 Å². The van der Waals surface area contributed by atoms with Crippen molar-refractivity contribution in [1.29, 1.82) is 0 Å². The lowest BCUT2D eigenvalue weighted by Gasteiger charge is -2.25. The molecule has 2 fully saturated rings. The molecule has 3 aromatic rings. The van der Waals surface area contributed by atoms with Gasteiger partial charge in [0, 0.05) is 18.2 Å². The van der Waals surface area contributed by atoms with Gasteiger partial charge in [-0.1, -0.05) is 0 Å². The van der Waals surface area contributed by atoms with Crippen LogP contribution in [0.2, 0.25) is 0 Å². The highest BCUT2D eigenvalue weighted by Crippen LogP contribution is 2.52. The van der Waals surface area contributed by atoms with Crippen LogP contribution < -0.4 is 17.0 Å². The molecular weight excluding hydrogens is 624 g/mol. The monoisotopic (exact) mass is 651 g/mol. The zero-order chi connectivity index (χ0) is 31.3. The van der Waals surface area contributed by atoms with Gasteiger partial charge in [-0.25, -0.2) is 28.9 Å². The first-order valence-electron chi connectivity index (χ1n) is 12.4. The second-order valence-corrected chi connectivity index (χ2v) is 12.2. The number of rotatable bonds is 10. The second kappa shape index (κ2) is 11.9. The molecule has 8 N–H and O–H groups in total. The Morgan fingerprint density at radius 3 is 2.56 bits per heavy atom. The number of aromatic nitrogens is 6. The first kappa shape index (κ1) is 31.5. The number of hydrogen-bond donors (Lipinski definition) is 7. The van der Waals surface area contributed by atoms with E-state index in [1.165, 1.54) is 24.0 Å². The van der Waals surface area contributed by atoms with Crippen molar-refractivity contribution in [2.75, 3.05) is 18.9 Å². The number of ether oxygens (including phenoxy) is 2. The van der Waals surface area contributed by atoms with Crippen molar-refractivity contribution in [2.45, 2.75) is 56.3 Å². The minimum Gasteiger partial charge on any atom is -0.394 e. The van der Waals surface area contributed by atoms with Crippen LogP contribution in [0, 0.1) is 6.92 Å². The van der Waals surface area contributed by atoms with Crippen molar-refractivity contribution >= 4 is 32.6 Å². The molecule has 8 atom stereocenters. The van der Waals surface area contributed by atoms with E-state index in [4.69, 9.17) is 24.3 Å². The quantitative estimate of drug-likeness (QED) is 0.114. The van der Waals surface area contributed by atoms with E-state index < -0.39 is 83.1 Å². The Bertz CT molecular complexity index is 1710. The Labute approximate surface area is 239 Å². The zero-order valence-electron chi connectivity index (χ0n) is 22.0. The standard InChI is InChI=1S/C20H27N7O14P2/c1-8-3-26(20(31)25-18(8)30)12-2-9(10(4-28)38-12)40-43(35,36)41-15-11(5-37-42(32,33)34)39-19(14(15)29)27-7-24-13-16(21)22-6-23-17(13)27/h3,6-7,9-12,14-15,19,28-29H,2,4-5H2,1H3,(H,35,36)(H2,21,22,23)(H,25,30,31)(H2,32,33,34)/t9?,10-,11+,12-,14?,15?,19+/m0/s1. The molecule has 2 aliphatic heterocycles. The normalized spacial score (nSPS) is 29.3. The Morgan fingerprint density at radius 2 is 1.86 bits per heavy atom. The van der Waals surface area contributed by atoms with Crippen LogP contribution >= 0.6 is 15.6 Å². The molecule has 0 aliphatic carbocycles. The Morgan fingerprint density at radius 1 is 1.12 bits per heavy atom. The molecule has 23 heteroatoms. The van der Waals surface area contributed by atoms with Crippen LogP contribution in [0.15, 0.2) is 28.4 Å². The topological polar surface area (TPSA) is 306 Å². The molecular formula is C20H27N7O14P2. The molecule has 0 amide bonds. The molecule has 0 aromatic carbocycles. The van der Waals surface area contributed by atoms with Gasteiger partial charge in [0.15, 0.2) is 17.7 Å². The summed E-state index contributed by atoms with van der Waals surface area (Å²) in [6.45, 7) is -0.151. The molecule has 0 spiro atoms. The van der Waals surface area contributed by atoms with Crippen LogP contribution in [0.5, 0.6) is 0 Å². The third kappa shape index (κ3) is 6.63. The smallest absolute Gasteiger partial charge is 0.394 e. The average Bonchev–Trinajstić information content (AvgIpc) is 3.61. The molecule has 3 aromatic heterocycles. The summed E-state index contributed by atoms with van der Waals surface area (Å²) < 4.78 is 53.1. The van der Waals surface area contributed by atoms with Crippen LogP contribution in [0.4, 0.5) is 5.82 Å². The number of imidazole rings is 1. The maximum absolute atomic E-state index is 13.2. The summed E-state index contributed by atoms with van der Waals surface area (Å²) in [6, 6.07) is 0. The Balaban J connectivity index is 1.37. The maximum atomic E-state index is 13.2. The second-order valence-electron chi connectivity index (χ2n) is 9.63. The van der Waals surface area contributed by atoms with Crippen molar-refractivity contribution in [1.82, 2.24) is 29.1 Å². The van der Waals surface area contributed by atoms with E-state index in [0.717, 1.165) is 10.9 Å². The van der Waals surface area contributed by atoms with E-state index in [2.05, 4.69) is 24.5 Å². The molecule has 5 heterocycles. The van der Waals surface area contributed by atoms with E-state index in [1.807, 2.05) is 0 Å². The molecule has 43 heavy (non-hydrogen) atoms. The minimum atomic E-state index is -5.18. The van der Waals surface area contributed by atoms with Crippen LogP contribution in [-0.4, -0.2) is 97.7 Å². The Kier molecular flexibility index (Phi) is 8.71. The van der Waals surface area contributed by atoms with Gasteiger partial charge in [-0.05, 0) is 6.92 Å². The SMILES string of the molecule is Cc1cn([C@@H]2CC(OP(=O)(O)OC3C(O)[C@H](n4cnc5c(N)ncnc54)O[C@@H]3COP(=O)(O)O)[C@H](CO)O2)c(=O)[nH]c1=O. The number of nitrogens with zero attached hydrogens (tertiary/aromatic N) is 5. The molecule has 0 saturated carbocycles. The molecule has 21 nitrogen and oxygen atoms in total. The van der Waals surface area contributed by atoms with Crippen LogP contribution in [-0.2, 0) is 32.2 Å². The predicted molar refractivity (Wildman–Crippen MR) is 139 cm³/mol. The summed E-state index contributed by atoms with van der Waals surface area (Å²) >= 11 is 0. The summed E-state index contributed by atoms with van der Waals surface area (Å²) in [7, 11) is -10.2. The number of phosphoric ester groups is 2. The van der Waals surface area contributed by atoms with Gasteiger partial charge in [-0.3, -0.25) is 32.5 Å². The molecule has 2 saturated heterocycles.